The molecule has 2 N–H and O–H groups in total. The van der Waals surface area contributed by atoms with Crippen molar-refractivity contribution in [3.8, 4) is 11.4 Å². The average molecular weight is 439 g/mol. The maximum absolute atomic E-state index is 13.1. The van der Waals surface area contributed by atoms with Gasteiger partial charge in [-0.25, -0.2) is 9.37 Å². The molecule has 2 heterocycles. The lowest BCUT2D eigenvalue weighted by molar-refractivity contribution is -0.113. The first-order valence-electron chi connectivity index (χ1n) is 9.42. The van der Waals surface area contributed by atoms with Gasteiger partial charge in [0.2, 0.25) is 5.91 Å². The Morgan fingerprint density at radius 3 is 2.65 bits per heavy atom. The Morgan fingerprint density at radius 1 is 1.19 bits per heavy atom. The fourth-order valence-corrected chi connectivity index (χ4v) is 3.72. The van der Waals surface area contributed by atoms with Crippen molar-refractivity contribution in [1.82, 2.24) is 19.7 Å². The molecule has 0 aliphatic heterocycles. The summed E-state index contributed by atoms with van der Waals surface area (Å²) in [6.07, 6.45) is 1.42. The van der Waals surface area contributed by atoms with Crippen LogP contribution in [0.5, 0.6) is 5.75 Å². The predicted molar refractivity (Wildman–Crippen MR) is 116 cm³/mol. The Hall–Kier alpha value is -3.66. The summed E-state index contributed by atoms with van der Waals surface area (Å²) in [7, 11) is 0. The molecule has 0 fully saturated rings. The topological polar surface area (TPSA) is 102 Å². The SMILES string of the molecule is CCOc1ccc(-n2c(SCC(=O)Nc3ccc(F)cc3)nc3[nH]ncc3c2=O)cc1. The van der Waals surface area contributed by atoms with Crippen LogP contribution in [0.15, 0.2) is 64.7 Å². The smallest absolute Gasteiger partial charge is 0.269 e. The molecule has 0 bridgehead atoms. The number of nitrogens with zero attached hydrogens (tertiary/aromatic N) is 3. The summed E-state index contributed by atoms with van der Waals surface area (Å²) in [6, 6.07) is 12.5. The molecule has 0 aliphatic carbocycles. The average Bonchev–Trinajstić information content (AvgIpc) is 3.24. The molecule has 2 aromatic carbocycles. The summed E-state index contributed by atoms with van der Waals surface area (Å²) in [6.45, 7) is 2.42. The third kappa shape index (κ3) is 4.58. The monoisotopic (exact) mass is 439 g/mol. The summed E-state index contributed by atoms with van der Waals surface area (Å²) < 4.78 is 19.9. The van der Waals surface area contributed by atoms with Gasteiger partial charge in [-0.2, -0.15) is 5.10 Å². The van der Waals surface area contributed by atoms with Gasteiger partial charge in [0.05, 0.1) is 24.2 Å². The second-order valence-corrected chi connectivity index (χ2v) is 7.38. The standard InChI is InChI=1S/C21H18FN5O3S/c1-2-30-16-9-7-15(8-10-16)27-20(29)17-11-23-26-19(17)25-21(27)31-12-18(28)24-14-5-3-13(22)4-6-14/h3-11H,2,12H2,1H3,(H,23,26)(H,24,28). The number of hydrogen-bond donors (Lipinski definition) is 2. The van der Waals surface area contributed by atoms with E-state index in [4.69, 9.17) is 4.74 Å². The van der Waals surface area contributed by atoms with E-state index in [2.05, 4.69) is 20.5 Å². The van der Waals surface area contributed by atoms with Crippen LogP contribution in [0, 0.1) is 5.82 Å². The number of aromatic amines is 1. The highest BCUT2D eigenvalue weighted by Crippen LogP contribution is 2.22. The summed E-state index contributed by atoms with van der Waals surface area (Å²) >= 11 is 1.11. The summed E-state index contributed by atoms with van der Waals surface area (Å²) in [5.41, 5.74) is 1.11. The zero-order valence-electron chi connectivity index (χ0n) is 16.5. The maximum Gasteiger partial charge on any atom is 0.269 e. The number of rotatable bonds is 7. The molecular weight excluding hydrogens is 421 g/mol. The van der Waals surface area contributed by atoms with Gasteiger partial charge >= 0.3 is 0 Å². The number of amides is 1. The highest BCUT2D eigenvalue weighted by atomic mass is 32.2. The Bertz CT molecular complexity index is 1270. The lowest BCUT2D eigenvalue weighted by atomic mass is 10.3. The molecule has 0 atom stereocenters. The van der Waals surface area contributed by atoms with E-state index in [1.165, 1.54) is 35.0 Å². The van der Waals surface area contributed by atoms with Crippen LogP contribution in [0.4, 0.5) is 10.1 Å². The molecule has 0 radical (unpaired) electrons. The van der Waals surface area contributed by atoms with Gasteiger partial charge < -0.3 is 10.1 Å². The molecule has 8 nitrogen and oxygen atoms in total. The first-order valence-corrected chi connectivity index (χ1v) is 10.4. The van der Waals surface area contributed by atoms with Crippen molar-refractivity contribution in [3.63, 3.8) is 0 Å². The van der Waals surface area contributed by atoms with Crippen LogP contribution in [-0.2, 0) is 4.79 Å². The molecule has 0 saturated carbocycles. The maximum atomic E-state index is 13.1. The van der Waals surface area contributed by atoms with E-state index >= 15 is 0 Å². The van der Waals surface area contributed by atoms with E-state index in [1.54, 1.807) is 24.3 Å². The Kier molecular flexibility index (Phi) is 5.99. The number of carbonyl (C=O) groups is 1. The second-order valence-electron chi connectivity index (χ2n) is 6.44. The molecule has 4 rings (SSSR count). The number of nitrogens with one attached hydrogen (secondary N) is 2. The highest BCUT2D eigenvalue weighted by Gasteiger charge is 2.16. The van der Waals surface area contributed by atoms with E-state index in [0.717, 1.165) is 11.8 Å². The van der Waals surface area contributed by atoms with Crippen LogP contribution in [0.1, 0.15) is 6.92 Å². The third-order valence-electron chi connectivity index (χ3n) is 4.32. The van der Waals surface area contributed by atoms with Gasteiger partial charge in [0.25, 0.3) is 5.56 Å². The minimum atomic E-state index is -0.385. The van der Waals surface area contributed by atoms with Gasteiger partial charge in [-0.15, -0.1) is 0 Å². The van der Waals surface area contributed by atoms with Gasteiger partial charge in [-0.1, -0.05) is 11.8 Å². The van der Waals surface area contributed by atoms with E-state index in [9.17, 15) is 14.0 Å². The molecule has 2 aromatic heterocycles. The number of anilines is 1. The van der Waals surface area contributed by atoms with E-state index in [0.29, 0.717) is 39.9 Å². The van der Waals surface area contributed by atoms with Gasteiger partial charge in [0.1, 0.15) is 17.0 Å². The predicted octanol–water partition coefficient (Wildman–Crippen LogP) is 3.38. The van der Waals surface area contributed by atoms with Crippen molar-refractivity contribution < 1.29 is 13.9 Å². The zero-order valence-corrected chi connectivity index (χ0v) is 17.3. The highest BCUT2D eigenvalue weighted by molar-refractivity contribution is 7.99. The quantitative estimate of drug-likeness (QED) is 0.338. The fourth-order valence-electron chi connectivity index (χ4n) is 2.92. The lowest BCUT2D eigenvalue weighted by Gasteiger charge is -2.12. The lowest BCUT2D eigenvalue weighted by Crippen LogP contribution is -2.22. The fraction of sp³-hybridized carbons (Fsp3) is 0.143. The Balaban J connectivity index is 1.61. The van der Waals surface area contributed by atoms with E-state index in [1.807, 2.05) is 6.92 Å². The van der Waals surface area contributed by atoms with Crippen LogP contribution >= 0.6 is 11.8 Å². The minimum Gasteiger partial charge on any atom is -0.494 e. The van der Waals surface area contributed by atoms with Crippen LogP contribution in [0.2, 0.25) is 0 Å². The normalized spacial score (nSPS) is 10.9. The number of benzene rings is 2. The van der Waals surface area contributed by atoms with Crippen molar-refractivity contribution in [2.24, 2.45) is 0 Å². The van der Waals surface area contributed by atoms with Crippen LogP contribution in [0.3, 0.4) is 0 Å². The molecule has 31 heavy (non-hydrogen) atoms. The van der Waals surface area contributed by atoms with Crippen molar-refractivity contribution in [2.45, 2.75) is 12.1 Å². The van der Waals surface area contributed by atoms with Gasteiger partial charge in [-0.3, -0.25) is 19.3 Å². The number of carbonyl (C=O) groups excluding carboxylic acids is 1. The first kappa shape index (κ1) is 20.6. The number of thioether (sulfide) groups is 1. The van der Waals surface area contributed by atoms with Gasteiger partial charge in [0.15, 0.2) is 10.8 Å². The molecule has 0 spiro atoms. The molecule has 0 aliphatic rings. The number of halogens is 1. The molecule has 1 amide bonds. The molecule has 158 valence electrons. The van der Waals surface area contributed by atoms with Crippen molar-refractivity contribution >= 4 is 34.4 Å². The number of aromatic nitrogens is 4. The number of hydrogen-bond acceptors (Lipinski definition) is 6. The first-order chi connectivity index (χ1) is 15.0. The number of fused-ring (bicyclic) bond motifs is 1. The van der Waals surface area contributed by atoms with Crippen molar-refractivity contribution in [2.75, 3.05) is 17.7 Å². The Labute approximate surface area is 180 Å². The van der Waals surface area contributed by atoms with Crippen molar-refractivity contribution in [1.29, 1.82) is 0 Å². The van der Waals surface area contributed by atoms with Crippen LogP contribution in [-0.4, -0.2) is 38.0 Å². The van der Waals surface area contributed by atoms with Crippen LogP contribution in [0.25, 0.3) is 16.7 Å². The number of H-pyrrole nitrogens is 1. The number of ether oxygens (including phenoxy) is 1. The van der Waals surface area contributed by atoms with Crippen molar-refractivity contribution in [3.05, 3.63) is 70.9 Å². The molecule has 4 aromatic rings. The summed E-state index contributed by atoms with van der Waals surface area (Å²) in [4.78, 5) is 29.9. The second kappa shape index (κ2) is 9.00. The van der Waals surface area contributed by atoms with Gasteiger partial charge in [-0.05, 0) is 55.5 Å². The molecular formula is C21H18FN5O3S. The van der Waals surface area contributed by atoms with E-state index < -0.39 is 0 Å². The Morgan fingerprint density at radius 2 is 1.94 bits per heavy atom. The molecule has 0 unspecified atom stereocenters. The van der Waals surface area contributed by atoms with E-state index in [-0.39, 0.29) is 23.0 Å². The third-order valence-corrected chi connectivity index (χ3v) is 5.26. The molecule has 10 heteroatoms. The zero-order chi connectivity index (χ0) is 21.8. The minimum absolute atomic E-state index is 0.000486. The van der Waals surface area contributed by atoms with Crippen LogP contribution < -0.4 is 15.6 Å². The summed E-state index contributed by atoms with van der Waals surface area (Å²) in [5.74, 6) is -0.0114. The largest absolute Gasteiger partial charge is 0.494 e. The van der Waals surface area contributed by atoms with Gasteiger partial charge in [0, 0.05) is 5.69 Å². The molecule has 0 saturated heterocycles. The summed E-state index contributed by atoms with van der Waals surface area (Å²) in [5, 5.41) is 9.95.